The number of hydrogen-bond acceptors (Lipinski definition) is 3. The van der Waals surface area contributed by atoms with E-state index in [1.165, 1.54) is 11.8 Å². The van der Waals surface area contributed by atoms with E-state index in [1.54, 1.807) is 0 Å². The smallest absolute Gasteiger partial charge is 0.219 e. The number of alkyl halides is 1. The Morgan fingerprint density at radius 1 is 1.39 bits per heavy atom. The maximum atomic E-state index is 12.0. The van der Waals surface area contributed by atoms with Gasteiger partial charge in [-0.2, -0.15) is 0 Å². The van der Waals surface area contributed by atoms with Crippen LogP contribution in [0.1, 0.15) is 30.1 Å². The highest BCUT2D eigenvalue weighted by Gasteiger charge is 2.15. The highest BCUT2D eigenvalue weighted by atomic mass is 35.5. The van der Waals surface area contributed by atoms with Gasteiger partial charge in [0.25, 0.3) is 0 Å². The van der Waals surface area contributed by atoms with Crippen molar-refractivity contribution in [1.29, 1.82) is 0 Å². The summed E-state index contributed by atoms with van der Waals surface area (Å²) in [6, 6.07) is 9.26. The van der Waals surface area contributed by atoms with Crippen LogP contribution in [0.3, 0.4) is 0 Å². The maximum absolute atomic E-state index is 12.0. The second-order valence-corrected chi connectivity index (χ2v) is 5.56. The van der Waals surface area contributed by atoms with Crippen LogP contribution in [0.4, 0.5) is 0 Å². The van der Waals surface area contributed by atoms with Crippen LogP contribution < -0.4 is 0 Å². The first kappa shape index (κ1) is 15.5. The Hall–Kier alpha value is -0.510. The Kier molecular flexibility index (Phi) is 8.14. The molecule has 2 nitrogen and oxygen atoms in total. The normalized spacial score (nSPS) is 12.3. The van der Waals surface area contributed by atoms with Crippen molar-refractivity contribution >= 4 is 28.5 Å². The average molecular weight is 287 g/mol. The van der Waals surface area contributed by atoms with Gasteiger partial charge >= 0.3 is 0 Å². The van der Waals surface area contributed by atoms with Gasteiger partial charge in [0.05, 0.1) is 6.61 Å². The molecule has 0 aromatic heterocycles. The predicted molar refractivity (Wildman–Crippen MR) is 78.6 cm³/mol. The standard InChI is InChI=1S/C14H19ClO2S/c1-2-3-9-17-11-13(10-15)18-14(16)12-7-5-4-6-8-12/h4-8,13H,2-3,9-11H2,1H3/t13-/m0/s1. The van der Waals surface area contributed by atoms with Gasteiger partial charge in [-0.05, 0) is 6.42 Å². The van der Waals surface area contributed by atoms with Crippen LogP contribution >= 0.6 is 23.4 Å². The molecule has 0 aliphatic rings. The van der Waals surface area contributed by atoms with E-state index in [9.17, 15) is 4.79 Å². The van der Waals surface area contributed by atoms with Gasteiger partial charge in [-0.15, -0.1) is 11.6 Å². The molecule has 0 heterocycles. The SMILES string of the molecule is CCCCOC[C@H](CCl)SC(=O)c1ccccc1. The van der Waals surface area contributed by atoms with E-state index in [-0.39, 0.29) is 10.4 Å². The molecule has 0 saturated carbocycles. The van der Waals surface area contributed by atoms with E-state index in [1.807, 2.05) is 30.3 Å². The Balaban J connectivity index is 2.36. The molecule has 0 aliphatic carbocycles. The van der Waals surface area contributed by atoms with Crippen molar-refractivity contribution in [3.63, 3.8) is 0 Å². The second-order valence-electron chi connectivity index (χ2n) is 3.98. The van der Waals surface area contributed by atoms with Gasteiger partial charge in [0.15, 0.2) is 0 Å². The number of benzene rings is 1. The van der Waals surface area contributed by atoms with Crippen molar-refractivity contribution < 1.29 is 9.53 Å². The van der Waals surface area contributed by atoms with Gasteiger partial charge < -0.3 is 4.74 Å². The quantitative estimate of drug-likeness (QED) is 0.534. The van der Waals surface area contributed by atoms with Crippen LogP contribution in [0.15, 0.2) is 30.3 Å². The van der Waals surface area contributed by atoms with E-state index in [2.05, 4.69) is 6.92 Å². The van der Waals surface area contributed by atoms with E-state index < -0.39 is 0 Å². The number of ether oxygens (including phenoxy) is 1. The average Bonchev–Trinajstić information content (AvgIpc) is 2.43. The third-order valence-corrected chi connectivity index (χ3v) is 4.04. The summed E-state index contributed by atoms with van der Waals surface area (Å²) >= 11 is 7.12. The molecule has 100 valence electrons. The third-order valence-electron chi connectivity index (χ3n) is 2.40. The fraction of sp³-hybridized carbons (Fsp3) is 0.500. The molecule has 1 aromatic rings. The molecule has 1 rings (SSSR count). The zero-order valence-corrected chi connectivity index (χ0v) is 12.2. The zero-order valence-electron chi connectivity index (χ0n) is 10.6. The number of carbonyl (C=O) groups excluding carboxylic acids is 1. The number of rotatable bonds is 8. The maximum Gasteiger partial charge on any atom is 0.219 e. The molecule has 0 spiro atoms. The molecule has 1 atom stereocenters. The van der Waals surface area contributed by atoms with Crippen molar-refractivity contribution in [2.45, 2.75) is 25.0 Å². The molecule has 0 radical (unpaired) electrons. The Morgan fingerprint density at radius 3 is 2.72 bits per heavy atom. The van der Waals surface area contributed by atoms with Crippen LogP contribution in [-0.4, -0.2) is 29.5 Å². The van der Waals surface area contributed by atoms with E-state index in [4.69, 9.17) is 16.3 Å². The summed E-state index contributed by atoms with van der Waals surface area (Å²) in [5.74, 6) is 0.426. The van der Waals surface area contributed by atoms with E-state index in [0.29, 0.717) is 18.1 Å². The molecule has 0 saturated heterocycles. The summed E-state index contributed by atoms with van der Waals surface area (Å²) in [4.78, 5) is 12.0. The third kappa shape index (κ3) is 5.89. The van der Waals surface area contributed by atoms with Gasteiger partial charge in [-0.1, -0.05) is 55.4 Å². The van der Waals surface area contributed by atoms with Gasteiger partial charge in [0.2, 0.25) is 5.12 Å². The summed E-state index contributed by atoms with van der Waals surface area (Å²) in [5.41, 5.74) is 0.714. The molecular weight excluding hydrogens is 268 g/mol. The fourth-order valence-corrected chi connectivity index (χ4v) is 2.45. The summed E-state index contributed by atoms with van der Waals surface area (Å²) in [7, 11) is 0. The van der Waals surface area contributed by atoms with Crippen molar-refractivity contribution in [2.24, 2.45) is 0 Å². The van der Waals surface area contributed by atoms with Crippen LogP contribution in [0.25, 0.3) is 0 Å². The first-order valence-corrected chi connectivity index (χ1v) is 7.59. The number of hydrogen-bond donors (Lipinski definition) is 0. The lowest BCUT2D eigenvalue weighted by Crippen LogP contribution is -2.17. The highest BCUT2D eigenvalue weighted by Crippen LogP contribution is 2.19. The largest absolute Gasteiger partial charge is 0.380 e. The van der Waals surface area contributed by atoms with Crippen molar-refractivity contribution in [3.8, 4) is 0 Å². The van der Waals surface area contributed by atoms with Crippen LogP contribution in [0.5, 0.6) is 0 Å². The molecule has 0 bridgehead atoms. The number of unbranched alkanes of at least 4 members (excludes halogenated alkanes) is 1. The minimum Gasteiger partial charge on any atom is -0.380 e. The van der Waals surface area contributed by atoms with Crippen molar-refractivity contribution in [1.82, 2.24) is 0 Å². The van der Waals surface area contributed by atoms with Crippen LogP contribution in [0.2, 0.25) is 0 Å². The van der Waals surface area contributed by atoms with E-state index >= 15 is 0 Å². The Labute approximate surface area is 118 Å². The fourth-order valence-electron chi connectivity index (χ4n) is 1.36. The molecule has 0 amide bonds. The summed E-state index contributed by atoms with van der Waals surface area (Å²) in [5, 5.41) is 0.0802. The summed E-state index contributed by atoms with van der Waals surface area (Å²) < 4.78 is 5.51. The number of carbonyl (C=O) groups is 1. The number of thioether (sulfide) groups is 1. The monoisotopic (exact) mass is 286 g/mol. The summed E-state index contributed by atoms with van der Waals surface area (Å²) in [6.07, 6.45) is 2.16. The van der Waals surface area contributed by atoms with Crippen LogP contribution in [0, 0.1) is 0 Å². The van der Waals surface area contributed by atoms with Crippen molar-refractivity contribution in [2.75, 3.05) is 19.1 Å². The molecule has 18 heavy (non-hydrogen) atoms. The lowest BCUT2D eigenvalue weighted by Gasteiger charge is -2.12. The molecule has 0 aliphatic heterocycles. The van der Waals surface area contributed by atoms with Gasteiger partial charge in [-0.3, -0.25) is 4.79 Å². The summed E-state index contributed by atoms with van der Waals surface area (Å²) in [6.45, 7) is 3.40. The molecular formula is C14H19ClO2S. The number of halogens is 1. The van der Waals surface area contributed by atoms with Gasteiger partial charge in [-0.25, -0.2) is 0 Å². The lowest BCUT2D eigenvalue weighted by molar-refractivity contribution is 0.108. The van der Waals surface area contributed by atoms with E-state index in [0.717, 1.165) is 19.4 Å². The first-order chi connectivity index (χ1) is 8.77. The predicted octanol–water partition coefficient (Wildman–Crippen LogP) is 3.98. The topological polar surface area (TPSA) is 26.3 Å². The molecule has 0 unspecified atom stereocenters. The van der Waals surface area contributed by atoms with Gasteiger partial charge in [0, 0.05) is 23.3 Å². The van der Waals surface area contributed by atoms with Crippen LogP contribution in [-0.2, 0) is 4.74 Å². The molecule has 0 fully saturated rings. The Bertz CT molecular complexity index is 343. The Morgan fingerprint density at radius 2 is 2.11 bits per heavy atom. The van der Waals surface area contributed by atoms with Gasteiger partial charge in [0.1, 0.15) is 0 Å². The first-order valence-electron chi connectivity index (χ1n) is 6.17. The lowest BCUT2D eigenvalue weighted by atomic mass is 10.2. The van der Waals surface area contributed by atoms with Crippen molar-refractivity contribution in [3.05, 3.63) is 35.9 Å². The molecule has 0 N–H and O–H groups in total. The minimum atomic E-state index is 0.0243. The second kappa shape index (κ2) is 9.42. The minimum absolute atomic E-state index is 0.0243. The molecule has 4 heteroatoms. The zero-order chi connectivity index (χ0) is 13.2. The highest BCUT2D eigenvalue weighted by molar-refractivity contribution is 8.14. The molecule has 1 aromatic carbocycles.